The second kappa shape index (κ2) is 6.06. The predicted octanol–water partition coefficient (Wildman–Crippen LogP) is 4.46. The van der Waals surface area contributed by atoms with Gasteiger partial charge in [-0.15, -0.1) is 11.3 Å². The van der Waals surface area contributed by atoms with Crippen LogP contribution in [0.1, 0.15) is 54.8 Å². The second-order valence-corrected chi connectivity index (χ2v) is 4.96. The van der Waals surface area contributed by atoms with Crippen LogP contribution in [0.5, 0.6) is 0 Å². The number of hydrogen-bond acceptors (Lipinski definition) is 2. The first-order chi connectivity index (χ1) is 7.20. The van der Waals surface area contributed by atoms with Crippen molar-refractivity contribution in [3.63, 3.8) is 0 Å². The van der Waals surface area contributed by atoms with E-state index < -0.39 is 0 Å². The minimum Gasteiger partial charge on any atom is -0.293 e. The molecule has 1 unspecified atom stereocenters. The van der Waals surface area contributed by atoms with Crippen molar-refractivity contribution < 1.29 is 4.79 Å². The molecule has 1 aromatic rings. The van der Waals surface area contributed by atoms with Crippen LogP contribution in [0.2, 0.25) is 0 Å². The molecule has 0 saturated carbocycles. The third kappa shape index (κ3) is 3.16. The maximum Gasteiger partial charge on any atom is 0.176 e. The molecule has 1 aromatic heterocycles. The molecule has 0 saturated heterocycles. The molecule has 1 rings (SSSR count). The third-order valence-corrected chi connectivity index (χ3v) is 3.89. The van der Waals surface area contributed by atoms with E-state index >= 15 is 0 Å². The number of ketones is 1. The molecular weight excluding hydrogens is 204 g/mol. The summed E-state index contributed by atoms with van der Waals surface area (Å²) in [6.45, 7) is 6.31. The van der Waals surface area contributed by atoms with Gasteiger partial charge in [0.15, 0.2) is 5.78 Å². The van der Waals surface area contributed by atoms with Gasteiger partial charge in [0.05, 0.1) is 4.88 Å². The molecule has 1 atom stereocenters. The topological polar surface area (TPSA) is 17.1 Å². The molecule has 0 amide bonds. The lowest BCUT2D eigenvalue weighted by atomic mass is 9.93. The molecule has 0 bridgehead atoms. The van der Waals surface area contributed by atoms with E-state index in [9.17, 15) is 4.79 Å². The number of Topliss-reactive ketones (excluding diaryl/α,β-unsaturated/α-hetero) is 1. The number of hydrogen-bond donors (Lipinski definition) is 0. The monoisotopic (exact) mass is 224 g/mol. The molecule has 2 heteroatoms. The van der Waals surface area contributed by atoms with Gasteiger partial charge in [-0.25, -0.2) is 0 Å². The molecule has 0 radical (unpaired) electrons. The van der Waals surface area contributed by atoms with Crippen LogP contribution in [0.4, 0.5) is 0 Å². The number of thiophene rings is 1. The van der Waals surface area contributed by atoms with Crippen molar-refractivity contribution in [1.29, 1.82) is 0 Å². The standard InChI is InChI=1S/C13H20OS/c1-4-6-7-11(5-2)12(14)13-10(3)8-9-15-13/h8-9,11H,4-7H2,1-3H3. The summed E-state index contributed by atoms with van der Waals surface area (Å²) in [5, 5.41) is 2.01. The SMILES string of the molecule is CCCCC(CC)C(=O)c1sccc1C. The molecule has 84 valence electrons. The summed E-state index contributed by atoms with van der Waals surface area (Å²) < 4.78 is 0. The molecule has 0 aliphatic heterocycles. The van der Waals surface area contributed by atoms with Crippen LogP contribution in [0, 0.1) is 12.8 Å². The second-order valence-electron chi connectivity index (χ2n) is 4.04. The Bertz CT molecular complexity index is 314. The van der Waals surface area contributed by atoms with Crippen molar-refractivity contribution in [2.45, 2.75) is 46.5 Å². The highest BCUT2D eigenvalue weighted by molar-refractivity contribution is 7.12. The molecule has 15 heavy (non-hydrogen) atoms. The Kier molecular flexibility index (Phi) is 5.03. The fourth-order valence-electron chi connectivity index (χ4n) is 1.78. The van der Waals surface area contributed by atoms with E-state index in [0.717, 1.165) is 29.7 Å². The van der Waals surface area contributed by atoms with Crippen molar-refractivity contribution >= 4 is 17.1 Å². The van der Waals surface area contributed by atoms with Gasteiger partial charge in [0.25, 0.3) is 0 Å². The van der Waals surface area contributed by atoms with Crippen LogP contribution >= 0.6 is 11.3 Å². The fraction of sp³-hybridized carbons (Fsp3) is 0.615. The van der Waals surface area contributed by atoms with Crippen LogP contribution in [0.15, 0.2) is 11.4 Å². The highest BCUT2D eigenvalue weighted by Gasteiger charge is 2.20. The zero-order chi connectivity index (χ0) is 11.3. The molecule has 0 aliphatic rings. The van der Waals surface area contributed by atoms with Crippen LogP contribution in [-0.2, 0) is 0 Å². The maximum atomic E-state index is 12.2. The Hall–Kier alpha value is -0.630. The lowest BCUT2D eigenvalue weighted by Crippen LogP contribution is -2.13. The van der Waals surface area contributed by atoms with E-state index in [4.69, 9.17) is 0 Å². The summed E-state index contributed by atoms with van der Waals surface area (Å²) >= 11 is 1.59. The van der Waals surface area contributed by atoms with Crippen molar-refractivity contribution in [3.05, 3.63) is 21.9 Å². The molecule has 0 fully saturated rings. The van der Waals surface area contributed by atoms with Gasteiger partial charge in [-0.1, -0.05) is 26.7 Å². The van der Waals surface area contributed by atoms with E-state index in [-0.39, 0.29) is 5.92 Å². The smallest absolute Gasteiger partial charge is 0.176 e. The van der Waals surface area contributed by atoms with Gasteiger partial charge in [0, 0.05) is 5.92 Å². The third-order valence-electron chi connectivity index (χ3n) is 2.86. The minimum absolute atomic E-state index is 0.238. The number of carbonyl (C=O) groups excluding carboxylic acids is 1. The molecule has 1 heterocycles. The first kappa shape index (κ1) is 12.4. The lowest BCUT2D eigenvalue weighted by molar-refractivity contribution is 0.0912. The van der Waals surface area contributed by atoms with Crippen LogP contribution < -0.4 is 0 Å². The average Bonchev–Trinajstić information content (AvgIpc) is 2.65. The molecular formula is C13H20OS. The van der Waals surface area contributed by atoms with Gasteiger partial charge in [0.2, 0.25) is 0 Å². The zero-order valence-electron chi connectivity index (χ0n) is 9.88. The maximum absolute atomic E-state index is 12.2. The minimum atomic E-state index is 0.238. The van der Waals surface area contributed by atoms with Crippen LogP contribution in [0.25, 0.3) is 0 Å². The van der Waals surface area contributed by atoms with Gasteiger partial charge in [-0.05, 0) is 36.8 Å². The molecule has 1 nitrogen and oxygen atoms in total. The Morgan fingerprint density at radius 1 is 1.47 bits per heavy atom. The summed E-state index contributed by atoms with van der Waals surface area (Å²) in [4.78, 5) is 13.1. The largest absolute Gasteiger partial charge is 0.293 e. The van der Waals surface area contributed by atoms with Crippen molar-refractivity contribution in [2.75, 3.05) is 0 Å². The Morgan fingerprint density at radius 3 is 2.67 bits per heavy atom. The summed E-state index contributed by atoms with van der Waals surface area (Å²) in [6, 6.07) is 2.03. The number of carbonyl (C=O) groups is 1. The summed E-state index contributed by atoms with van der Waals surface area (Å²) in [6.07, 6.45) is 4.35. The first-order valence-corrected chi connectivity index (χ1v) is 6.66. The van der Waals surface area contributed by atoms with Gasteiger partial charge in [-0.2, -0.15) is 0 Å². The molecule has 0 aromatic carbocycles. The van der Waals surface area contributed by atoms with E-state index in [1.807, 2.05) is 18.4 Å². The zero-order valence-corrected chi connectivity index (χ0v) is 10.7. The van der Waals surface area contributed by atoms with Gasteiger partial charge >= 0.3 is 0 Å². The average molecular weight is 224 g/mol. The first-order valence-electron chi connectivity index (χ1n) is 5.79. The number of rotatable bonds is 6. The summed E-state index contributed by atoms with van der Waals surface area (Å²) in [5.41, 5.74) is 1.14. The van der Waals surface area contributed by atoms with Gasteiger partial charge in [0.1, 0.15) is 0 Å². The van der Waals surface area contributed by atoms with Gasteiger partial charge in [-0.3, -0.25) is 4.79 Å². The quantitative estimate of drug-likeness (QED) is 0.652. The Morgan fingerprint density at radius 2 is 2.20 bits per heavy atom. The fourth-order valence-corrected chi connectivity index (χ4v) is 2.73. The number of aryl methyl sites for hydroxylation is 1. The molecule has 0 N–H and O–H groups in total. The predicted molar refractivity (Wildman–Crippen MR) is 66.7 cm³/mol. The van der Waals surface area contributed by atoms with E-state index in [0.29, 0.717) is 5.78 Å². The summed E-state index contributed by atoms with van der Waals surface area (Å²) in [5.74, 6) is 0.598. The van der Waals surface area contributed by atoms with Gasteiger partial charge < -0.3 is 0 Å². The summed E-state index contributed by atoms with van der Waals surface area (Å²) in [7, 11) is 0. The van der Waals surface area contributed by atoms with Crippen molar-refractivity contribution in [1.82, 2.24) is 0 Å². The number of unbranched alkanes of at least 4 members (excludes halogenated alkanes) is 1. The van der Waals surface area contributed by atoms with E-state index in [1.165, 1.54) is 6.42 Å². The normalized spacial score (nSPS) is 12.7. The molecule has 0 aliphatic carbocycles. The molecule has 0 spiro atoms. The lowest BCUT2D eigenvalue weighted by Gasteiger charge is -2.12. The van der Waals surface area contributed by atoms with Crippen LogP contribution in [0.3, 0.4) is 0 Å². The van der Waals surface area contributed by atoms with E-state index in [1.54, 1.807) is 11.3 Å². The van der Waals surface area contributed by atoms with Crippen molar-refractivity contribution in [2.24, 2.45) is 5.92 Å². The van der Waals surface area contributed by atoms with Crippen molar-refractivity contribution in [3.8, 4) is 0 Å². The highest BCUT2D eigenvalue weighted by Crippen LogP contribution is 2.24. The Labute approximate surface area is 96.5 Å². The van der Waals surface area contributed by atoms with Crippen LogP contribution in [-0.4, -0.2) is 5.78 Å². The highest BCUT2D eigenvalue weighted by atomic mass is 32.1. The van der Waals surface area contributed by atoms with E-state index in [2.05, 4.69) is 13.8 Å². The Balaban J connectivity index is 2.69.